The van der Waals surface area contributed by atoms with E-state index < -0.39 is 29.2 Å². The standard InChI is InChI=1S/C14H20BNO6S/c1-2-22-14(17)13-5-3-4-10-16(13)23(20,21)12-8-6-11(7-9-12)15(18)19/h6-9,13,18-19H,2-5,10H2,1H3. The van der Waals surface area contributed by atoms with Gasteiger partial charge in [-0.1, -0.05) is 12.1 Å². The molecule has 0 bridgehead atoms. The third-order valence-electron chi connectivity index (χ3n) is 3.80. The van der Waals surface area contributed by atoms with Crippen LogP contribution in [0.3, 0.4) is 0 Å². The Hall–Kier alpha value is -1.42. The van der Waals surface area contributed by atoms with Gasteiger partial charge in [0.05, 0.1) is 11.5 Å². The zero-order chi connectivity index (χ0) is 17.0. The van der Waals surface area contributed by atoms with E-state index in [2.05, 4.69) is 0 Å². The quantitative estimate of drug-likeness (QED) is 0.551. The molecule has 0 radical (unpaired) electrons. The van der Waals surface area contributed by atoms with E-state index in [4.69, 9.17) is 14.8 Å². The largest absolute Gasteiger partial charge is 0.488 e. The van der Waals surface area contributed by atoms with Crippen molar-refractivity contribution in [1.29, 1.82) is 0 Å². The van der Waals surface area contributed by atoms with E-state index in [0.717, 1.165) is 6.42 Å². The molecule has 1 unspecified atom stereocenters. The van der Waals surface area contributed by atoms with Crippen LogP contribution in [0.1, 0.15) is 26.2 Å². The second-order valence-electron chi connectivity index (χ2n) is 5.32. The molecule has 23 heavy (non-hydrogen) atoms. The van der Waals surface area contributed by atoms with Crippen molar-refractivity contribution >= 4 is 28.6 Å². The van der Waals surface area contributed by atoms with Crippen molar-refractivity contribution in [3.63, 3.8) is 0 Å². The van der Waals surface area contributed by atoms with Gasteiger partial charge in [-0.2, -0.15) is 4.31 Å². The summed E-state index contributed by atoms with van der Waals surface area (Å²) in [6, 6.07) is 4.47. The molecule has 1 aliphatic rings. The molecule has 0 aliphatic carbocycles. The number of carbonyl (C=O) groups excluding carboxylic acids is 1. The van der Waals surface area contributed by atoms with E-state index in [9.17, 15) is 13.2 Å². The van der Waals surface area contributed by atoms with Gasteiger partial charge in [-0.05, 0) is 43.8 Å². The topological polar surface area (TPSA) is 104 Å². The van der Waals surface area contributed by atoms with Crippen molar-refractivity contribution in [2.45, 2.75) is 37.1 Å². The monoisotopic (exact) mass is 341 g/mol. The number of hydrogen-bond acceptors (Lipinski definition) is 6. The molecule has 1 aromatic carbocycles. The smallest absolute Gasteiger partial charge is 0.465 e. The van der Waals surface area contributed by atoms with Crippen molar-refractivity contribution in [1.82, 2.24) is 4.31 Å². The summed E-state index contributed by atoms with van der Waals surface area (Å²) in [5.74, 6) is -0.529. The lowest BCUT2D eigenvalue weighted by atomic mass is 9.81. The van der Waals surface area contributed by atoms with Crippen LogP contribution in [0.2, 0.25) is 0 Å². The molecule has 1 saturated heterocycles. The maximum absolute atomic E-state index is 12.8. The van der Waals surface area contributed by atoms with Gasteiger partial charge in [0, 0.05) is 6.54 Å². The first-order chi connectivity index (χ1) is 10.9. The molecule has 0 spiro atoms. The van der Waals surface area contributed by atoms with Crippen molar-refractivity contribution < 1.29 is 28.0 Å². The Morgan fingerprint density at radius 3 is 2.52 bits per heavy atom. The number of piperidine rings is 1. The highest BCUT2D eigenvalue weighted by Gasteiger charge is 2.38. The Labute approximate surface area is 136 Å². The molecule has 0 saturated carbocycles. The lowest BCUT2D eigenvalue weighted by Crippen LogP contribution is -2.48. The highest BCUT2D eigenvalue weighted by atomic mass is 32.2. The van der Waals surface area contributed by atoms with Gasteiger partial charge < -0.3 is 14.8 Å². The minimum atomic E-state index is -3.85. The van der Waals surface area contributed by atoms with Crippen molar-refractivity contribution in [3.8, 4) is 0 Å². The van der Waals surface area contributed by atoms with Crippen molar-refractivity contribution in [2.75, 3.05) is 13.2 Å². The van der Waals surface area contributed by atoms with Gasteiger partial charge in [-0.25, -0.2) is 8.42 Å². The summed E-state index contributed by atoms with van der Waals surface area (Å²) in [5.41, 5.74) is 0.199. The molecule has 1 fully saturated rings. The summed E-state index contributed by atoms with van der Waals surface area (Å²) in [6.07, 6.45) is 1.89. The number of esters is 1. The number of sulfonamides is 1. The predicted octanol–water partition coefficient (Wildman–Crippen LogP) is -0.527. The van der Waals surface area contributed by atoms with Gasteiger partial charge in [-0.3, -0.25) is 4.79 Å². The van der Waals surface area contributed by atoms with Crippen LogP contribution in [0, 0.1) is 0 Å². The van der Waals surface area contributed by atoms with Crippen LogP contribution in [-0.2, 0) is 19.6 Å². The number of benzene rings is 1. The maximum Gasteiger partial charge on any atom is 0.488 e. The van der Waals surface area contributed by atoms with Gasteiger partial charge in [0.15, 0.2) is 0 Å². The highest BCUT2D eigenvalue weighted by Crippen LogP contribution is 2.25. The Morgan fingerprint density at radius 2 is 1.96 bits per heavy atom. The molecular formula is C14H20BNO6S. The fourth-order valence-corrected chi connectivity index (χ4v) is 4.26. The van der Waals surface area contributed by atoms with E-state index in [0.29, 0.717) is 12.8 Å². The summed E-state index contributed by atoms with van der Waals surface area (Å²) in [7, 11) is -5.51. The summed E-state index contributed by atoms with van der Waals surface area (Å²) < 4.78 is 31.7. The molecule has 1 atom stereocenters. The van der Waals surface area contributed by atoms with Crippen LogP contribution in [0.4, 0.5) is 0 Å². The summed E-state index contributed by atoms with van der Waals surface area (Å²) in [6.45, 7) is 2.14. The number of rotatable bonds is 5. The molecule has 0 amide bonds. The molecule has 126 valence electrons. The van der Waals surface area contributed by atoms with Gasteiger partial charge in [0.1, 0.15) is 6.04 Å². The summed E-state index contributed by atoms with van der Waals surface area (Å²) in [4.78, 5) is 12.0. The summed E-state index contributed by atoms with van der Waals surface area (Å²) >= 11 is 0. The number of carbonyl (C=O) groups is 1. The molecule has 1 aliphatic heterocycles. The number of ether oxygens (including phenoxy) is 1. The zero-order valence-electron chi connectivity index (χ0n) is 12.9. The van der Waals surface area contributed by atoms with E-state index in [1.807, 2.05) is 0 Å². The zero-order valence-corrected chi connectivity index (χ0v) is 13.7. The van der Waals surface area contributed by atoms with E-state index >= 15 is 0 Å². The van der Waals surface area contributed by atoms with Gasteiger partial charge in [-0.15, -0.1) is 0 Å². The maximum atomic E-state index is 12.8. The van der Waals surface area contributed by atoms with Crippen LogP contribution >= 0.6 is 0 Å². The summed E-state index contributed by atoms with van der Waals surface area (Å²) in [5, 5.41) is 18.1. The number of nitrogens with zero attached hydrogens (tertiary/aromatic N) is 1. The van der Waals surface area contributed by atoms with E-state index in [1.165, 1.54) is 28.6 Å². The van der Waals surface area contributed by atoms with Gasteiger partial charge >= 0.3 is 13.1 Å². The molecule has 1 heterocycles. The van der Waals surface area contributed by atoms with E-state index in [1.54, 1.807) is 6.92 Å². The first-order valence-corrected chi connectivity index (χ1v) is 8.96. The van der Waals surface area contributed by atoms with Gasteiger partial charge in [0.25, 0.3) is 0 Å². The lowest BCUT2D eigenvalue weighted by Gasteiger charge is -2.32. The fraction of sp³-hybridized carbons (Fsp3) is 0.500. The average Bonchev–Trinajstić information content (AvgIpc) is 2.55. The molecule has 2 N–H and O–H groups in total. The SMILES string of the molecule is CCOC(=O)C1CCCCN1S(=O)(=O)c1ccc(B(O)O)cc1. The Kier molecular flexibility index (Phi) is 5.80. The Balaban J connectivity index is 2.30. The van der Waals surface area contributed by atoms with E-state index in [-0.39, 0.29) is 23.5 Å². The fourth-order valence-electron chi connectivity index (χ4n) is 2.61. The molecule has 9 heteroatoms. The number of hydrogen-bond donors (Lipinski definition) is 2. The van der Waals surface area contributed by atoms with Crippen LogP contribution in [0.15, 0.2) is 29.2 Å². The third-order valence-corrected chi connectivity index (χ3v) is 5.72. The first-order valence-electron chi connectivity index (χ1n) is 7.52. The minimum absolute atomic E-state index is 0.0121. The highest BCUT2D eigenvalue weighted by molar-refractivity contribution is 7.89. The second-order valence-corrected chi connectivity index (χ2v) is 7.21. The van der Waals surface area contributed by atoms with Crippen LogP contribution in [0.5, 0.6) is 0 Å². The van der Waals surface area contributed by atoms with Crippen LogP contribution < -0.4 is 5.46 Å². The molecule has 2 rings (SSSR count). The van der Waals surface area contributed by atoms with Gasteiger partial charge in [0.2, 0.25) is 10.0 Å². The second kappa shape index (κ2) is 7.44. The predicted molar refractivity (Wildman–Crippen MR) is 84.4 cm³/mol. The van der Waals surface area contributed by atoms with Crippen LogP contribution in [0.25, 0.3) is 0 Å². The third kappa shape index (κ3) is 3.92. The van der Waals surface area contributed by atoms with Crippen molar-refractivity contribution in [2.24, 2.45) is 0 Å². The first kappa shape index (κ1) is 17.9. The molecule has 0 aromatic heterocycles. The lowest BCUT2D eigenvalue weighted by molar-refractivity contribution is -0.148. The normalized spacial score (nSPS) is 19.3. The molecule has 7 nitrogen and oxygen atoms in total. The Bertz CT molecular complexity index is 646. The van der Waals surface area contributed by atoms with Crippen molar-refractivity contribution in [3.05, 3.63) is 24.3 Å². The minimum Gasteiger partial charge on any atom is -0.465 e. The Morgan fingerprint density at radius 1 is 1.30 bits per heavy atom. The average molecular weight is 341 g/mol. The molecular weight excluding hydrogens is 321 g/mol. The van der Waals surface area contributed by atoms with Crippen LogP contribution in [-0.4, -0.2) is 55.1 Å². The molecule has 1 aromatic rings.